The molecular weight excluding hydrogens is 262 g/mol. The summed E-state index contributed by atoms with van der Waals surface area (Å²) in [4.78, 5) is 0. The summed E-state index contributed by atoms with van der Waals surface area (Å²) >= 11 is 6.35. The van der Waals surface area contributed by atoms with Crippen molar-refractivity contribution in [2.75, 3.05) is 13.2 Å². The zero-order valence-corrected chi connectivity index (χ0v) is 12.4. The Morgan fingerprint density at radius 2 is 1.74 bits per heavy atom. The lowest BCUT2D eigenvalue weighted by Crippen LogP contribution is -2.21. The van der Waals surface area contributed by atoms with E-state index in [-0.39, 0.29) is 6.04 Å². The molecule has 4 heteroatoms. The van der Waals surface area contributed by atoms with Crippen LogP contribution >= 0.6 is 11.6 Å². The molecule has 1 aliphatic rings. The molecule has 1 aromatic rings. The molecule has 1 heterocycles. The van der Waals surface area contributed by atoms with E-state index in [1.807, 2.05) is 12.1 Å². The van der Waals surface area contributed by atoms with Gasteiger partial charge in [0.05, 0.1) is 13.2 Å². The second-order valence-electron chi connectivity index (χ2n) is 4.97. The Morgan fingerprint density at radius 3 is 2.32 bits per heavy atom. The summed E-state index contributed by atoms with van der Waals surface area (Å²) in [7, 11) is 0. The first-order valence-corrected chi connectivity index (χ1v) is 7.39. The lowest BCUT2D eigenvalue weighted by atomic mass is 9.89. The van der Waals surface area contributed by atoms with E-state index in [4.69, 9.17) is 26.8 Å². The average Bonchev–Trinajstić information content (AvgIpc) is 2.63. The summed E-state index contributed by atoms with van der Waals surface area (Å²) in [5.74, 6) is 1.92. The molecule has 3 nitrogen and oxygen atoms in total. The third-order valence-electron chi connectivity index (χ3n) is 3.78. The number of hydrogen-bond acceptors (Lipinski definition) is 3. The van der Waals surface area contributed by atoms with Crippen LogP contribution in [0, 0.1) is 5.92 Å². The van der Waals surface area contributed by atoms with Crippen molar-refractivity contribution in [1.29, 1.82) is 0 Å². The second kappa shape index (κ2) is 6.49. The molecule has 0 aliphatic carbocycles. The first-order valence-electron chi connectivity index (χ1n) is 7.02. The van der Waals surface area contributed by atoms with E-state index in [0.717, 1.165) is 36.3 Å². The number of benzene rings is 1. The van der Waals surface area contributed by atoms with Gasteiger partial charge in [0.15, 0.2) is 11.5 Å². The molecule has 0 spiro atoms. The van der Waals surface area contributed by atoms with Gasteiger partial charge in [-0.2, -0.15) is 0 Å². The van der Waals surface area contributed by atoms with Crippen LogP contribution in [0.4, 0.5) is 0 Å². The van der Waals surface area contributed by atoms with Crippen LogP contribution < -0.4 is 15.2 Å². The Balaban J connectivity index is 2.33. The Morgan fingerprint density at radius 1 is 1.16 bits per heavy atom. The largest absolute Gasteiger partial charge is 0.490 e. The number of rotatable bonds is 4. The second-order valence-corrected chi connectivity index (χ2v) is 5.38. The molecule has 2 rings (SSSR count). The van der Waals surface area contributed by atoms with Gasteiger partial charge in [-0.15, -0.1) is 0 Å². The first-order chi connectivity index (χ1) is 9.17. The molecule has 1 unspecified atom stereocenters. The fraction of sp³-hybridized carbons (Fsp3) is 0.600. The van der Waals surface area contributed by atoms with Crippen LogP contribution in [-0.4, -0.2) is 13.2 Å². The Labute approximate surface area is 120 Å². The average molecular weight is 284 g/mol. The van der Waals surface area contributed by atoms with Crippen LogP contribution in [0.1, 0.15) is 44.7 Å². The standard InChI is InChI=1S/C15H22ClNO2/c1-3-10(4-2)15(17)11-8-13-14(9-12(11)16)19-7-5-6-18-13/h8-10,15H,3-7,17H2,1-2H3. The van der Waals surface area contributed by atoms with Gasteiger partial charge >= 0.3 is 0 Å². The van der Waals surface area contributed by atoms with Gasteiger partial charge < -0.3 is 15.2 Å². The minimum Gasteiger partial charge on any atom is -0.490 e. The van der Waals surface area contributed by atoms with Crippen LogP contribution in [0.15, 0.2) is 12.1 Å². The molecule has 0 fully saturated rings. The van der Waals surface area contributed by atoms with Gasteiger partial charge in [0.2, 0.25) is 0 Å². The van der Waals surface area contributed by atoms with Crippen molar-refractivity contribution in [3.8, 4) is 11.5 Å². The molecule has 0 bridgehead atoms. The summed E-state index contributed by atoms with van der Waals surface area (Å²) in [6.45, 7) is 5.66. The van der Waals surface area contributed by atoms with Crippen molar-refractivity contribution in [3.63, 3.8) is 0 Å². The van der Waals surface area contributed by atoms with Crippen LogP contribution in [0.25, 0.3) is 0 Å². The highest BCUT2D eigenvalue weighted by atomic mass is 35.5. The van der Waals surface area contributed by atoms with E-state index < -0.39 is 0 Å². The number of ether oxygens (including phenoxy) is 2. The maximum absolute atomic E-state index is 6.35. The number of nitrogens with two attached hydrogens (primary N) is 1. The van der Waals surface area contributed by atoms with Crippen LogP contribution in [-0.2, 0) is 0 Å². The molecule has 106 valence electrons. The van der Waals surface area contributed by atoms with Crippen molar-refractivity contribution in [2.45, 2.75) is 39.2 Å². The third kappa shape index (κ3) is 3.15. The highest BCUT2D eigenvalue weighted by molar-refractivity contribution is 6.31. The topological polar surface area (TPSA) is 44.5 Å². The van der Waals surface area contributed by atoms with E-state index in [1.165, 1.54) is 0 Å². The first kappa shape index (κ1) is 14.5. The maximum Gasteiger partial charge on any atom is 0.162 e. The maximum atomic E-state index is 6.35. The van der Waals surface area contributed by atoms with Gasteiger partial charge in [0.25, 0.3) is 0 Å². The lowest BCUT2D eigenvalue weighted by Gasteiger charge is -2.23. The van der Waals surface area contributed by atoms with Gasteiger partial charge in [0, 0.05) is 23.6 Å². The van der Waals surface area contributed by atoms with E-state index >= 15 is 0 Å². The predicted molar refractivity (Wildman–Crippen MR) is 78.1 cm³/mol. The smallest absolute Gasteiger partial charge is 0.162 e. The molecule has 1 aliphatic heterocycles. The van der Waals surface area contributed by atoms with Crippen molar-refractivity contribution >= 4 is 11.6 Å². The molecule has 0 saturated carbocycles. The fourth-order valence-electron chi connectivity index (χ4n) is 2.51. The molecule has 1 aromatic carbocycles. The Bertz CT molecular complexity index is 432. The van der Waals surface area contributed by atoms with Crippen molar-refractivity contribution < 1.29 is 9.47 Å². The molecule has 19 heavy (non-hydrogen) atoms. The number of hydrogen-bond donors (Lipinski definition) is 1. The van der Waals surface area contributed by atoms with E-state index in [2.05, 4.69) is 13.8 Å². The quantitative estimate of drug-likeness (QED) is 0.910. The summed E-state index contributed by atoms with van der Waals surface area (Å²) in [6, 6.07) is 3.73. The SMILES string of the molecule is CCC(CC)C(N)c1cc2c(cc1Cl)OCCCO2. The molecule has 0 aromatic heterocycles. The third-order valence-corrected chi connectivity index (χ3v) is 4.11. The van der Waals surface area contributed by atoms with Crippen molar-refractivity contribution in [3.05, 3.63) is 22.7 Å². The molecule has 1 atom stereocenters. The highest BCUT2D eigenvalue weighted by Gasteiger charge is 2.22. The summed E-state index contributed by atoms with van der Waals surface area (Å²) in [5, 5.41) is 0.670. The normalized spacial score (nSPS) is 16.3. The van der Waals surface area contributed by atoms with Crippen molar-refractivity contribution in [1.82, 2.24) is 0 Å². The van der Waals surface area contributed by atoms with E-state index in [1.54, 1.807) is 0 Å². The zero-order valence-electron chi connectivity index (χ0n) is 11.6. The van der Waals surface area contributed by atoms with Crippen LogP contribution in [0.3, 0.4) is 0 Å². The van der Waals surface area contributed by atoms with Gasteiger partial charge in [-0.25, -0.2) is 0 Å². The predicted octanol–water partition coefficient (Wildman–Crippen LogP) is 3.94. The number of fused-ring (bicyclic) bond motifs is 1. The fourth-order valence-corrected chi connectivity index (χ4v) is 2.79. The summed E-state index contributed by atoms with van der Waals surface area (Å²) in [6.07, 6.45) is 2.98. The molecule has 2 N–H and O–H groups in total. The minimum absolute atomic E-state index is 0.0559. The highest BCUT2D eigenvalue weighted by Crippen LogP contribution is 2.39. The van der Waals surface area contributed by atoms with Gasteiger partial charge in [-0.3, -0.25) is 0 Å². The molecule has 0 radical (unpaired) electrons. The van der Waals surface area contributed by atoms with Crippen LogP contribution in [0.5, 0.6) is 11.5 Å². The van der Waals surface area contributed by atoms with Gasteiger partial charge in [0.1, 0.15) is 0 Å². The molecule has 0 amide bonds. The minimum atomic E-state index is -0.0559. The molecule has 0 saturated heterocycles. The van der Waals surface area contributed by atoms with Gasteiger partial charge in [-0.05, 0) is 17.5 Å². The summed E-state index contributed by atoms with van der Waals surface area (Å²) < 4.78 is 11.3. The molecular formula is C15H22ClNO2. The van der Waals surface area contributed by atoms with Crippen molar-refractivity contribution in [2.24, 2.45) is 11.7 Å². The number of halogens is 1. The zero-order chi connectivity index (χ0) is 13.8. The lowest BCUT2D eigenvalue weighted by molar-refractivity contribution is 0.296. The Kier molecular flexibility index (Phi) is 4.94. The Hall–Kier alpha value is -0.930. The van der Waals surface area contributed by atoms with E-state index in [0.29, 0.717) is 24.2 Å². The summed E-state index contributed by atoms with van der Waals surface area (Å²) in [5.41, 5.74) is 7.31. The van der Waals surface area contributed by atoms with E-state index in [9.17, 15) is 0 Å². The monoisotopic (exact) mass is 283 g/mol. The van der Waals surface area contributed by atoms with Crippen LogP contribution in [0.2, 0.25) is 5.02 Å². The van der Waals surface area contributed by atoms with Gasteiger partial charge in [-0.1, -0.05) is 38.3 Å².